The number of carbonyl (C=O) groups excluding carboxylic acids is 1. The third kappa shape index (κ3) is 2.83. The van der Waals surface area contributed by atoms with Crippen LogP contribution in [0.4, 0.5) is 0 Å². The quantitative estimate of drug-likeness (QED) is 0.748. The Hall–Kier alpha value is -1.29. The molecule has 0 aliphatic heterocycles. The van der Waals surface area contributed by atoms with Gasteiger partial charge in [0.1, 0.15) is 5.69 Å². The molecule has 4 heteroatoms. The summed E-state index contributed by atoms with van der Waals surface area (Å²) >= 11 is 0. The van der Waals surface area contributed by atoms with Gasteiger partial charge in [0.05, 0.1) is 6.61 Å². The minimum absolute atomic E-state index is 0.124. The molecule has 1 aromatic heterocycles. The molecule has 0 unspecified atom stereocenters. The molecule has 1 heterocycles. The van der Waals surface area contributed by atoms with Gasteiger partial charge in [0.2, 0.25) is 0 Å². The summed E-state index contributed by atoms with van der Waals surface area (Å²) in [5.74, 6) is -0.294. The maximum Gasteiger partial charge on any atom is 0.355 e. The molecule has 0 saturated heterocycles. The number of nitrogens with zero attached hydrogens (tertiary/aromatic N) is 1. The maximum atomic E-state index is 11.6. The fourth-order valence-electron chi connectivity index (χ4n) is 1.49. The maximum absolute atomic E-state index is 11.6. The predicted molar refractivity (Wildman–Crippen MR) is 56.8 cm³/mol. The van der Waals surface area contributed by atoms with Gasteiger partial charge >= 0.3 is 5.97 Å². The number of aliphatic hydroxyl groups excluding tert-OH is 1. The molecular weight excluding hydrogens is 194 g/mol. The van der Waals surface area contributed by atoms with Crippen LogP contribution in [0.5, 0.6) is 0 Å². The van der Waals surface area contributed by atoms with E-state index < -0.39 is 0 Å². The van der Waals surface area contributed by atoms with Gasteiger partial charge in [-0.2, -0.15) is 0 Å². The largest absolute Gasteiger partial charge is 0.461 e. The molecule has 1 N–H and O–H groups in total. The van der Waals surface area contributed by atoms with Crippen LogP contribution in [0.25, 0.3) is 0 Å². The average molecular weight is 211 g/mol. The van der Waals surface area contributed by atoms with Crippen molar-refractivity contribution in [2.45, 2.75) is 26.8 Å². The summed E-state index contributed by atoms with van der Waals surface area (Å²) in [5.41, 5.74) is 1.50. The molecule has 84 valence electrons. The van der Waals surface area contributed by atoms with Crippen LogP contribution in [-0.4, -0.2) is 28.9 Å². The van der Waals surface area contributed by atoms with Crippen LogP contribution < -0.4 is 0 Å². The van der Waals surface area contributed by atoms with Crippen molar-refractivity contribution in [3.05, 3.63) is 23.5 Å². The van der Waals surface area contributed by atoms with Crippen molar-refractivity contribution in [2.75, 3.05) is 13.2 Å². The lowest BCUT2D eigenvalue weighted by atomic mass is 10.2. The van der Waals surface area contributed by atoms with E-state index in [1.165, 1.54) is 0 Å². The van der Waals surface area contributed by atoms with Crippen molar-refractivity contribution >= 4 is 5.97 Å². The minimum atomic E-state index is -0.294. The van der Waals surface area contributed by atoms with Gasteiger partial charge in [0.15, 0.2) is 0 Å². The van der Waals surface area contributed by atoms with E-state index in [1.807, 2.05) is 23.8 Å². The van der Waals surface area contributed by atoms with Gasteiger partial charge in [-0.25, -0.2) is 4.79 Å². The van der Waals surface area contributed by atoms with Crippen LogP contribution in [0, 0.1) is 6.92 Å². The van der Waals surface area contributed by atoms with Gasteiger partial charge in [-0.05, 0) is 31.9 Å². The van der Waals surface area contributed by atoms with Crippen molar-refractivity contribution in [3.8, 4) is 0 Å². The van der Waals surface area contributed by atoms with Crippen LogP contribution >= 0.6 is 0 Å². The molecule has 1 rings (SSSR count). The number of carbonyl (C=O) groups is 1. The fraction of sp³-hybridized carbons (Fsp3) is 0.545. The second-order valence-electron chi connectivity index (χ2n) is 3.34. The van der Waals surface area contributed by atoms with Gasteiger partial charge in [-0.1, -0.05) is 0 Å². The smallest absolute Gasteiger partial charge is 0.355 e. The Morgan fingerprint density at radius 3 is 2.93 bits per heavy atom. The van der Waals surface area contributed by atoms with Crippen LogP contribution in [0.2, 0.25) is 0 Å². The Kier molecular flexibility index (Phi) is 4.37. The minimum Gasteiger partial charge on any atom is -0.461 e. The molecule has 0 saturated carbocycles. The first-order valence-electron chi connectivity index (χ1n) is 5.14. The molecule has 0 fully saturated rings. The van der Waals surface area contributed by atoms with Crippen molar-refractivity contribution in [1.82, 2.24) is 4.57 Å². The fourth-order valence-corrected chi connectivity index (χ4v) is 1.49. The van der Waals surface area contributed by atoms with E-state index >= 15 is 0 Å². The number of aliphatic hydroxyl groups is 1. The van der Waals surface area contributed by atoms with Gasteiger partial charge in [0.25, 0.3) is 0 Å². The molecule has 0 atom stereocenters. The molecule has 0 aliphatic carbocycles. The number of hydrogen-bond donors (Lipinski definition) is 1. The molecule has 1 aromatic rings. The van der Waals surface area contributed by atoms with Crippen LogP contribution in [0.3, 0.4) is 0 Å². The molecule has 0 spiro atoms. The lowest BCUT2D eigenvalue weighted by Crippen LogP contribution is -2.13. The summed E-state index contributed by atoms with van der Waals surface area (Å²) in [7, 11) is 0. The van der Waals surface area contributed by atoms with E-state index in [4.69, 9.17) is 9.84 Å². The summed E-state index contributed by atoms with van der Waals surface area (Å²) in [6.45, 7) is 4.80. The summed E-state index contributed by atoms with van der Waals surface area (Å²) in [4.78, 5) is 11.6. The molecular formula is C11H17NO3. The van der Waals surface area contributed by atoms with Gasteiger partial charge in [0, 0.05) is 19.3 Å². The van der Waals surface area contributed by atoms with E-state index in [0.29, 0.717) is 25.3 Å². The van der Waals surface area contributed by atoms with E-state index in [1.54, 1.807) is 6.92 Å². The van der Waals surface area contributed by atoms with E-state index in [-0.39, 0.29) is 12.6 Å². The second-order valence-corrected chi connectivity index (χ2v) is 3.34. The average Bonchev–Trinajstić information content (AvgIpc) is 2.57. The first kappa shape index (κ1) is 11.8. The number of hydrogen-bond acceptors (Lipinski definition) is 3. The molecule has 0 aliphatic rings. The second kappa shape index (κ2) is 5.56. The highest BCUT2D eigenvalue weighted by molar-refractivity contribution is 5.89. The Labute approximate surface area is 89.5 Å². The van der Waals surface area contributed by atoms with Crippen LogP contribution in [0.15, 0.2) is 12.3 Å². The number of aryl methyl sites for hydroxylation is 2. The zero-order chi connectivity index (χ0) is 11.3. The summed E-state index contributed by atoms with van der Waals surface area (Å²) < 4.78 is 6.79. The zero-order valence-electron chi connectivity index (χ0n) is 9.19. The normalized spacial score (nSPS) is 10.3. The molecule has 0 amide bonds. The van der Waals surface area contributed by atoms with Gasteiger partial charge in [-0.15, -0.1) is 0 Å². The van der Waals surface area contributed by atoms with Crippen molar-refractivity contribution in [2.24, 2.45) is 0 Å². The first-order valence-corrected chi connectivity index (χ1v) is 5.14. The number of esters is 1. The van der Waals surface area contributed by atoms with Gasteiger partial charge in [-0.3, -0.25) is 0 Å². The van der Waals surface area contributed by atoms with Crippen LogP contribution in [0.1, 0.15) is 29.4 Å². The zero-order valence-corrected chi connectivity index (χ0v) is 9.19. The Morgan fingerprint density at radius 2 is 2.33 bits per heavy atom. The number of aromatic nitrogens is 1. The summed E-state index contributed by atoms with van der Waals surface area (Å²) in [6.07, 6.45) is 2.48. The van der Waals surface area contributed by atoms with Crippen molar-refractivity contribution < 1.29 is 14.6 Å². The topological polar surface area (TPSA) is 51.5 Å². The van der Waals surface area contributed by atoms with E-state index in [0.717, 1.165) is 5.56 Å². The third-order valence-corrected chi connectivity index (χ3v) is 2.19. The Balaban J connectivity index is 2.83. The summed E-state index contributed by atoms with van der Waals surface area (Å²) in [5, 5.41) is 8.74. The molecule has 15 heavy (non-hydrogen) atoms. The predicted octanol–water partition coefficient (Wildman–Crippen LogP) is 1.36. The molecule has 0 radical (unpaired) electrons. The van der Waals surface area contributed by atoms with Crippen LogP contribution in [-0.2, 0) is 11.3 Å². The summed E-state index contributed by atoms with van der Waals surface area (Å²) in [6, 6.07) is 1.88. The lowest BCUT2D eigenvalue weighted by molar-refractivity contribution is 0.0512. The molecule has 4 nitrogen and oxygen atoms in total. The standard InChI is InChI=1S/C11H17NO3/c1-3-15-11(14)10-9(2)5-7-12(10)6-4-8-13/h5,7,13H,3-4,6,8H2,1-2H3. The third-order valence-electron chi connectivity index (χ3n) is 2.19. The molecule has 0 aromatic carbocycles. The number of ether oxygens (including phenoxy) is 1. The monoisotopic (exact) mass is 211 g/mol. The van der Waals surface area contributed by atoms with Crippen molar-refractivity contribution in [1.29, 1.82) is 0 Å². The van der Waals surface area contributed by atoms with Gasteiger partial charge < -0.3 is 14.4 Å². The Bertz CT molecular complexity index is 331. The SMILES string of the molecule is CCOC(=O)c1c(C)ccn1CCCO. The highest BCUT2D eigenvalue weighted by atomic mass is 16.5. The van der Waals surface area contributed by atoms with E-state index in [9.17, 15) is 4.79 Å². The molecule has 0 bridgehead atoms. The number of rotatable bonds is 5. The Morgan fingerprint density at radius 1 is 1.60 bits per heavy atom. The highest BCUT2D eigenvalue weighted by Crippen LogP contribution is 2.12. The van der Waals surface area contributed by atoms with Crippen molar-refractivity contribution in [3.63, 3.8) is 0 Å². The lowest BCUT2D eigenvalue weighted by Gasteiger charge is -2.08. The first-order chi connectivity index (χ1) is 7.20. The highest BCUT2D eigenvalue weighted by Gasteiger charge is 2.14. The van der Waals surface area contributed by atoms with E-state index in [2.05, 4.69) is 0 Å².